The molecule has 0 fully saturated rings. The molecule has 140 valence electrons. The second-order valence-electron chi connectivity index (χ2n) is 6.52. The van der Waals surface area contributed by atoms with E-state index in [1.54, 1.807) is 31.2 Å². The van der Waals surface area contributed by atoms with Gasteiger partial charge < -0.3 is 15.2 Å². The van der Waals surface area contributed by atoms with E-state index in [0.717, 1.165) is 30.8 Å². The lowest BCUT2D eigenvalue weighted by atomic mass is 10.1. The van der Waals surface area contributed by atoms with Gasteiger partial charge in [-0.3, -0.25) is 4.79 Å². The normalized spacial score (nSPS) is 13.5. The molecule has 28 heavy (non-hydrogen) atoms. The molecule has 0 aliphatic carbocycles. The van der Waals surface area contributed by atoms with E-state index in [-0.39, 0.29) is 11.6 Å². The van der Waals surface area contributed by atoms with Crippen LogP contribution in [0, 0.1) is 6.92 Å². The number of anilines is 1. The lowest BCUT2D eigenvalue weighted by Gasteiger charge is -2.16. The largest absolute Gasteiger partial charge is 0.361 e. The van der Waals surface area contributed by atoms with Crippen LogP contribution in [0.5, 0.6) is 0 Å². The molecule has 4 aromatic rings. The summed E-state index contributed by atoms with van der Waals surface area (Å²) in [5, 5.41) is 22.6. The molecule has 1 aliphatic heterocycles. The summed E-state index contributed by atoms with van der Waals surface area (Å²) in [4.78, 5) is 17.2. The standard InChI is InChI=1S/C18H16N8O2/c1-10-8-14(25-28-10)17-23-22-16-5-3-13(24-26(16)17)18(27)21-15-4-2-11-9-19-7-6-12(11)20-15/h2-5,8,19H,6-7,9H2,1H3,(H,20,21,27). The summed E-state index contributed by atoms with van der Waals surface area (Å²) in [7, 11) is 0. The number of nitrogens with one attached hydrogen (secondary N) is 2. The number of pyridine rings is 1. The highest BCUT2D eigenvalue weighted by Crippen LogP contribution is 2.18. The maximum absolute atomic E-state index is 12.7. The second kappa shape index (κ2) is 6.50. The molecule has 0 aromatic carbocycles. The van der Waals surface area contributed by atoms with E-state index < -0.39 is 0 Å². The Morgan fingerprint density at radius 2 is 2.18 bits per heavy atom. The van der Waals surface area contributed by atoms with Gasteiger partial charge in [0.05, 0.1) is 0 Å². The smallest absolute Gasteiger partial charge is 0.277 e. The fraction of sp³-hybridized carbons (Fsp3) is 0.222. The van der Waals surface area contributed by atoms with E-state index in [0.29, 0.717) is 28.7 Å². The summed E-state index contributed by atoms with van der Waals surface area (Å²) in [6.07, 6.45) is 0.838. The van der Waals surface area contributed by atoms with Crippen molar-refractivity contribution >= 4 is 17.4 Å². The van der Waals surface area contributed by atoms with Crippen LogP contribution in [0.2, 0.25) is 0 Å². The molecule has 0 bridgehead atoms. The molecule has 1 aliphatic rings. The predicted octanol–water partition coefficient (Wildman–Crippen LogP) is 1.38. The van der Waals surface area contributed by atoms with Crippen molar-refractivity contribution in [2.45, 2.75) is 19.9 Å². The molecular weight excluding hydrogens is 360 g/mol. The van der Waals surface area contributed by atoms with E-state index in [9.17, 15) is 4.79 Å². The summed E-state index contributed by atoms with van der Waals surface area (Å²) in [6, 6.07) is 8.78. The van der Waals surface area contributed by atoms with Gasteiger partial charge in [0.1, 0.15) is 17.3 Å². The molecule has 5 rings (SSSR count). The highest BCUT2D eigenvalue weighted by molar-refractivity contribution is 6.02. The minimum atomic E-state index is -0.362. The first kappa shape index (κ1) is 16.5. The molecule has 10 heteroatoms. The van der Waals surface area contributed by atoms with Gasteiger partial charge in [-0.15, -0.1) is 10.2 Å². The number of amides is 1. The SMILES string of the molecule is Cc1cc(-c2nnc3ccc(C(=O)Nc4ccc5c(n4)CCNC5)nn23)no1. The number of aryl methyl sites for hydroxylation is 1. The predicted molar refractivity (Wildman–Crippen MR) is 98.6 cm³/mol. The molecule has 10 nitrogen and oxygen atoms in total. The van der Waals surface area contributed by atoms with E-state index in [1.807, 2.05) is 6.07 Å². The summed E-state index contributed by atoms with van der Waals surface area (Å²) >= 11 is 0. The Bertz CT molecular complexity index is 1200. The molecule has 0 spiro atoms. The average Bonchev–Trinajstić information content (AvgIpc) is 3.33. The fourth-order valence-electron chi connectivity index (χ4n) is 3.13. The number of fused-ring (bicyclic) bond motifs is 2. The third-order valence-corrected chi connectivity index (χ3v) is 4.52. The Hall–Kier alpha value is -3.66. The summed E-state index contributed by atoms with van der Waals surface area (Å²) in [5.74, 6) is 1.19. The van der Waals surface area contributed by atoms with Crippen molar-refractivity contribution in [2.24, 2.45) is 0 Å². The number of carbonyl (C=O) groups is 1. The Balaban J connectivity index is 1.45. The molecule has 0 atom stereocenters. The molecular formula is C18H16N8O2. The van der Waals surface area contributed by atoms with Crippen molar-refractivity contribution in [1.82, 2.24) is 35.3 Å². The Kier molecular flexibility index (Phi) is 3.83. The first-order chi connectivity index (χ1) is 13.7. The van der Waals surface area contributed by atoms with E-state index in [2.05, 4.69) is 36.1 Å². The Labute approximate surface area is 159 Å². The van der Waals surface area contributed by atoms with Gasteiger partial charge in [-0.2, -0.15) is 9.61 Å². The van der Waals surface area contributed by atoms with Crippen molar-refractivity contribution < 1.29 is 9.32 Å². The summed E-state index contributed by atoms with van der Waals surface area (Å²) in [6.45, 7) is 3.47. The van der Waals surface area contributed by atoms with Crippen LogP contribution in [0.25, 0.3) is 17.2 Å². The molecule has 0 saturated carbocycles. The van der Waals surface area contributed by atoms with Gasteiger partial charge in [0, 0.05) is 31.3 Å². The first-order valence-corrected chi connectivity index (χ1v) is 8.84. The fourth-order valence-corrected chi connectivity index (χ4v) is 3.13. The highest BCUT2D eigenvalue weighted by atomic mass is 16.5. The number of hydrogen-bond donors (Lipinski definition) is 2. The maximum Gasteiger partial charge on any atom is 0.277 e. The van der Waals surface area contributed by atoms with E-state index in [1.165, 1.54) is 4.52 Å². The lowest BCUT2D eigenvalue weighted by molar-refractivity contribution is 0.102. The number of aromatic nitrogens is 6. The zero-order valence-electron chi connectivity index (χ0n) is 15.0. The van der Waals surface area contributed by atoms with Crippen LogP contribution in [0.15, 0.2) is 34.9 Å². The van der Waals surface area contributed by atoms with Gasteiger partial charge in [0.25, 0.3) is 5.91 Å². The third kappa shape index (κ3) is 2.89. The molecule has 2 N–H and O–H groups in total. The van der Waals surface area contributed by atoms with Crippen molar-refractivity contribution in [3.8, 4) is 11.5 Å². The first-order valence-electron chi connectivity index (χ1n) is 8.84. The van der Waals surface area contributed by atoms with Crippen LogP contribution >= 0.6 is 0 Å². The molecule has 5 heterocycles. The van der Waals surface area contributed by atoms with Gasteiger partial charge in [0.2, 0.25) is 5.82 Å². The van der Waals surface area contributed by atoms with Gasteiger partial charge in [-0.1, -0.05) is 11.2 Å². The van der Waals surface area contributed by atoms with Crippen molar-refractivity contribution in [3.63, 3.8) is 0 Å². The quantitative estimate of drug-likeness (QED) is 0.550. The van der Waals surface area contributed by atoms with Crippen LogP contribution in [-0.4, -0.2) is 42.4 Å². The van der Waals surface area contributed by atoms with E-state index >= 15 is 0 Å². The number of nitrogens with zero attached hydrogens (tertiary/aromatic N) is 6. The number of hydrogen-bond acceptors (Lipinski definition) is 8. The van der Waals surface area contributed by atoms with Crippen LogP contribution in [0.4, 0.5) is 5.82 Å². The van der Waals surface area contributed by atoms with Crippen LogP contribution in [0.1, 0.15) is 27.5 Å². The summed E-state index contributed by atoms with van der Waals surface area (Å²) in [5.41, 5.74) is 3.38. The minimum absolute atomic E-state index is 0.218. The Morgan fingerprint density at radius 3 is 3.04 bits per heavy atom. The third-order valence-electron chi connectivity index (χ3n) is 4.52. The van der Waals surface area contributed by atoms with Crippen LogP contribution in [0.3, 0.4) is 0 Å². The van der Waals surface area contributed by atoms with Gasteiger partial charge in [0.15, 0.2) is 11.3 Å². The second-order valence-corrected chi connectivity index (χ2v) is 6.52. The molecule has 0 unspecified atom stereocenters. The van der Waals surface area contributed by atoms with Crippen molar-refractivity contribution in [3.05, 3.63) is 53.0 Å². The van der Waals surface area contributed by atoms with Gasteiger partial charge >= 0.3 is 0 Å². The average molecular weight is 376 g/mol. The van der Waals surface area contributed by atoms with E-state index in [4.69, 9.17) is 4.52 Å². The minimum Gasteiger partial charge on any atom is -0.361 e. The molecule has 1 amide bonds. The van der Waals surface area contributed by atoms with Gasteiger partial charge in [-0.25, -0.2) is 4.98 Å². The zero-order chi connectivity index (χ0) is 19.1. The number of rotatable bonds is 3. The summed E-state index contributed by atoms with van der Waals surface area (Å²) < 4.78 is 6.56. The van der Waals surface area contributed by atoms with Crippen molar-refractivity contribution in [1.29, 1.82) is 0 Å². The molecule has 0 radical (unpaired) electrons. The van der Waals surface area contributed by atoms with Crippen LogP contribution < -0.4 is 10.6 Å². The van der Waals surface area contributed by atoms with Gasteiger partial charge in [-0.05, 0) is 30.7 Å². The number of carbonyl (C=O) groups excluding carboxylic acids is 1. The Morgan fingerprint density at radius 1 is 1.25 bits per heavy atom. The molecule has 0 saturated heterocycles. The lowest BCUT2D eigenvalue weighted by Crippen LogP contribution is -2.25. The zero-order valence-corrected chi connectivity index (χ0v) is 15.0. The topological polar surface area (TPSA) is 123 Å². The monoisotopic (exact) mass is 376 g/mol. The van der Waals surface area contributed by atoms with Crippen LogP contribution in [-0.2, 0) is 13.0 Å². The van der Waals surface area contributed by atoms with Crippen molar-refractivity contribution in [2.75, 3.05) is 11.9 Å². The maximum atomic E-state index is 12.7. The highest BCUT2D eigenvalue weighted by Gasteiger charge is 2.17. The molecule has 4 aromatic heterocycles.